The van der Waals surface area contributed by atoms with Crippen molar-refractivity contribution in [1.29, 1.82) is 0 Å². The number of nitrogen functional groups attached to an aromatic ring is 1. The normalized spacial score (nSPS) is 31.1. The summed E-state index contributed by atoms with van der Waals surface area (Å²) in [6.45, 7) is -0.390. The van der Waals surface area contributed by atoms with E-state index in [9.17, 15) is 10.2 Å². The van der Waals surface area contributed by atoms with Crippen molar-refractivity contribution >= 4 is 17.0 Å². The van der Waals surface area contributed by atoms with Crippen LogP contribution >= 0.6 is 0 Å². The highest BCUT2D eigenvalue weighted by Crippen LogP contribution is 2.31. The molecule has 1 aliphatic heterocycles. The zero-order chi connectivity index (χ0) is 13.6. The zero-order valence-electron chi connectivity index (χ0n) is 9.79. The number of rotatable bonds is 2. The fourth-order valence-corrected chi connectivity index (χ4v) is 2.17. The van der Waals surface area contributed by atoms with Gasteiger partial charge in [-0.3, -0.25) is 4.57 Å². The van der Waals surface area contributed by atoms with E-state index in [1.165, 1.54) is 17.2 Å². The van der Waals surface area contributed by atoms with Crippen molar-refractivity contribution in [2.75, 3.05) is 12.3 Å². The fraction of sp³-hybridized carbons (Fsp3) is 0.500. The number of nitrogens with zero attached hydrogens (tertiary/aromatic N) is 4. The summed E-state index contributed by atoms with van der Waals surface area (Å²) in [4.78, 5) is 11.9. The van der Waals surface area contributed by atoms with Crippen LogP contribution in [0.25, 0.3) is 11.2 Å². The predicted molar refractivity (Wildman–Crippen MR) is 62.7 cm³/mol. The van der Waals surface area contributed by atoms with Crippen LogP contribution in [-0.4, -0.2) is 59.8 Å². The highest BCUT2D eigenvalue weighted by Gasteiger charge is 2.43. The monoisotopic (exact) mass is 267 g/mol. The maximum Gasteiger partial charge on any atom is 0.167 e. The second-order valence-corrected chi connectivity index (χ2v) is 4.31. The molecule has 1 unspecified atom stereocenters. The molecule has 0 aromatic carbocycles. The van der Waals surface area contributed by atoms with Gasteiger partial charge in [0.25, 0.3) is 0 Å². The number of anilines is 1. The van der Waals surface area contributed by atoms with Gasteiger partial charge in [-0.05, 0) is 0 Å². The van der Waals surface area contributed by atoms with Crippen LogP contribution in [0.4, 0.5) is 5.82 Å². The molecule has 5 N–H and O–H groups in total. The van der Waals surface area contributed by atoms with Gasteiger partial charge in [0.2, 0.25) is 0 Å². The SMILES string of the molecule is Nc1ncnc2c1ncn2[C@@H]1O[C@H](CO)C(O)[C@@H]1O. The smallest absolute Gasteiger partial charge is 0.167 e. The Morgan fingerprint density at radius 3 is 2.74 bits per heavy atom. The third kappa shape index (κ3) is 1.75. The molecule has 0 radical (unpaired) electrons. The van der Waals surface area contributed by atoms with Gasteiger partial charge in [-0.15, -0.1) is 0 Å². The highest BCUT2D eigenvalue weighted by molar-refractivity contribution is 5.81. The van der Waals surface area contributed by atoms with Crippen LogP contribution in [0, 0.1) is 0 Å². The molecule has 0 aliphatic carbocycles. The third-order valence-electron chi connectivity index (χ3n) is 3.18. The lowest BCUT2D eigenvalue weighted by atomic mass is 10.1. The van der Waals surface area contributed by atoms with Crippen LogP contribution < -0.4 is 5.73 Å². The highest BCUT2D eigenvalue weighted by atomic mass is 16.6. The van der Waals surface area contributed by atoms with Crippen LogP contribution in [0.3, 0.4) is 0 Å². The van der Waals surface area contributed by atoms with Crippen LogP contribution in [-0.2, 0) is 4.74 Å². The largest absolute Gasteiger partial charge is 0.394 e. The molecule has 1 saturated heterocycles. The van der Waals surface area contributed by atoms with E-state index in [0.29, 0.717) is 11.2 Å². The molecule has 9 heteroatoms. The van der Waals surface area contributed by atoms with Gasteiger partial charge in [0.05, 0.1) is 12.9 Å². The van der Waals surface area contributed by atoms with Gasteiger partial charge in [-0.1, -0.05) is 0 Å². The lowest BCUT2D eigenvalue weighted by Gasteiger charge is -2.16. The standard InChI is InChI=1S/C10H13N5O4/c11-8-5-9(13-2-12-8)15(3-14-5)10-7(18)6(17)4(1-16)19-10/h2-4,6-7,10,16-18H,1H2,(H2,11,12,13)/t4-,6?,7+,10-/m1/s1. The van der Waals surface area contributed by atoms with Crippen LogP contribution in [0.2, 0.25) is 0 Å². The number of aliphatic hydroxyl groups is 3. The Balaban J connectivity index is 2.04. The first-order chi connectivity index (χ1) is 9.13. The molecular formula is C10H13N5O4. The Morgan fingerprint density at radius 2 is 2.05 bits per heavy atom. The molecule has 2 aromatic heterocycles. The summed E-state index contributed by atoms with van der Waals surface area (Å²) in [7, 11) is 0. The van der Waals surface area contributed by atoms with E-state index in [0.717, 1.165) is 0 Å². The van der Waals surface area contributed by atoms with Crippen molar-refractivity contribution in [3.05, 3.63) is 12.7 Å². The molecule has 19 heavy (non-hydrogen) atoms. The van der Waals surface area contributed by atoms with Crippen LogP contribution in [0.15, 0.2) is 12.7 Å². The van der Waals surface area contributed by atoms with Gasteiger partial charge in [-0.25, -0.2) is 15.0 Å². The van der Waals surface area contributed by atoms with E-state index in [-0.39, 0.29) is 5.82 Å². The van der Waals surface area contributed by atoms with Gasteiger partial charge in [0.1, 0.15) is 30.2 Å². The van der Waals surface area contributed by atoms with E-state index in [1.807, 2.05) is 0 Å². The maximum absolute atomic E-state index is 9.95. The minimum atomic E-state index is -1.19. The molecule has 9 nitrogen and oxygen atoms in total. The van der Waals surface area contributed by atoms with Gasteiger partial charge < -0.3 is 25.8 Å². The predicted octanol–water partition coefficient (Wildman–Crippen LogP) is -1.98. The molecule has 0 spiro atoms. The van der Waals surface area contributed by atoms with Crippen LogP contribution in [0.1, 0.15) is 6.23 Å². The first-order valence-electron chi connectivity index (χ1n) is 5.69. The van der Waals surface area contributed by atoms with E-state index in [1.54, 1.807) is 0 Å². The Labute approximate surface area is 107 Å². The fourth-order valence-electron chi connectivity index (χ4n) is 2.17. The Kier molecular flexibility index (Phi) is 2.82. The molecular weight excluding hydrogens is 254 g/mol. The number of aliphatic hydroxyl groups excluding tert-OH is 3. The van der Waals surface area contributed by atoms with Crippen LogP contribution in [0.5, 0.6) is 0 Å². The molecule has 3 rings (SSSR count). The number of nitrogens with two attached hydrogens (primary N) is 1. The molecule has 1 aliphatic rings. The van der Waals surface area contributed by atoms with Crippen molar-refractivity contribution in [3.8, 4) is 0 Å². The van der Waals surface area contributed by atoms with E-state index in [2.05, 4.69) is 15.0 Å². The molecule has 0 bridgehead atoms. The summed E-state index contributed by atoms with van der Waals surface area (Å²) in [5.74, 6) is 0.218. The van der Waals surface area contributed by atoms with E-state index in [4.69, 9.17) is 15.6 Å². The Bertz CT molecular complexity index is 603. The maximum atomic E-state index is 9.95. The van der Waals surface area contributed by atoms with E-state index >= 15 is 0 Å². The van der Waals surface area contributed by atoms with Gasteiger partial charge in [0, 0.05) is 0 Å². The number of fused-ring (bicyclic) bond motifs is 1. The number of aromatic nitrogens is 4. The number of imidazole rings is 1. The second-order valence-electron chi connectivity index (χ2n) is 4.31. The Hall–Kier alpha value is -1.81. The second kappa shape index (κ2) is 4.38. The molecule has 102 valence electrons. The number of hydrogen-bond donors (Lipinski definition) is 4. The molecule has 2 aromatic rings. The summed E-state index contributed by atoms with van der Waals surface area (Å²) in [5, 5.41) is 28.7. The summed E-state index contributed by atoms with van der Waals surface area (Å²) < 4.78 is 6.85. The lowest BCUT2D eigenvalue weighted by Crippen LogP contribution is -2.33. The summed E-state index contributed by atoms with van der Waals surface area (Å²) >= 11 is 0. The number of hydrogen-bond acceptors (Lipinski definition) is 8. The topological polar surface area (TPSA) is 140 Å². The average Bonchev–Trinajstić information content (AvgIpc) is 2.94. The molecule has 0 saturated carbocycles. The zero-order valence-corrected chi connectivity index (χ0v) is 9.79. The third-order valence-corrected chi connectivity index (χ3v) is 3.18. The average molecular weight is 267 g/mol. The van der Waals surface area contributed by atoms with Gasteiger partial charge in [0.15, 0.2) is 17.7 Å². The van der Waals surface area contributed by atoms with Crippen molar-refractivity contribution in [3.63, 3.8) is 0 Å². The van der Waals surface area contributed by atoms with Crippen molar-refractivity contribution in [2.45, 2.75) is 24.5 Å². The van der Waals surface area contributed by atoms with E-state index < -0.39 is 31.1 Å². The van der Waals surface area contributed by atoms with Crippen molar-refractivity contribution in [2.24, 2.45) is 0 Å². The van der Waals surface area contributed by atoms with Crippen molar-refractivity contribution in [1.82, 2.24) is 19.5 Å². The summed E-state index contributed by atoms with van der Waals surface area (Å²) in [6, 6.07) is 0. The molecule has 0 amide bonds. The Morgan fingerprint density at radius 1 is 1.26 bits per heavy atom. The van der Waals surface area contributed by atoms with Gasteiger partial charge >= 0.3 is 0 Å². The molecule has 1 fully saturated rings. The first kappa shape index (κ1) is 12.2. The lowest BCUT2D eigenvalue weighted by molar-refractivity contribution is -0.0511. The molecule has 4 atom stereocenters. The summed E-state index contributed by atoms with van der Waals surface area (Å²) in [5.41, 5.74) is 6.44. The molecule has 3 heterocycles. The van der Waals surface area contributed by atoms with Gasteiger partial charge in [-0.2, -0.15) is 0 Å². The summed E-state index contributed by atoms with van der Waals surface area (Å²) in [6.07, 6.45) is -1.42. The number of ether oxygens (including phenoxy) is 1. The first-order valence-corrected chi connectivity index (χ1v) is 5.69. The minimum absolute atomic E-state index is 0.218. The minimum Gasteiger partial charge on any atom is -0.394 e. The van der Waals surface area contributed by atoms with Crippen molar-refractivity contribution < 1.29 is 20.1 Å². The quantitative estimate of drug-likeness (QED) is 0.491.